The van der Waals surface area contributed by atoms with Gasteiger partial charge in [0, 0.05) is 5.02 Å². The lowest BCUT2D eigenvalue weighted by molar-refractivity contribution is -0.116. The molecule has 1 amide bonds. The molecule has 7 heteroatoms. The van der Waals surface area contributed by atoms with Crippen LogP contribution in [0.25, 0.3) is 11.0 Å². The van der Waals surface area contributed by atoms with Gasteiger partial charge in [-0.1, -0.05) is 35.3 Å². The van der Waals surface area contributed by atoms with E-state index in [1.807, 2.05) is 6.07 Å². The molecule has 0 saturated carbocycles. The van der Waals surface area contributed by atoms with Gasteiger partial charge in [0.1, 0.15) is 6.54 Å². The van der Waals surface area contributed by atoms with Crippen LogP contribution in [0.2, 0.25) is 10.0 Å². The zero-order valence-corrected chi connectivity index (χ0v) is 12.8. The number of amides is 1. The van der Waals surface area contributed by atoms with Crippen molar-refractivity contribution in [3.05, 3.63) is 63.0 Å². The number of nitrogens with zero attached hydrogens (tertiary/aromatic N) is 1. The summed E-state index contributed by atoms with van der Waals surface area (Å²) in [5, 5.41) is 3.49. The van der Waals surface area contributed by atoms with Gasteiger partial charge in [-0.2, -0.15) is 0 Å². The summed E-state index contributed by atoms with van der Waals surface area (Å²) in [5.74, 6) is -0.365. The Hall–Kier alpha value is -2.24. The molecule has 2 aromatic carbocycles. The highest BCUT2D eigenvalue weighted by Crippen LogP contribution is 2.25. The highest BCUT2D eigenvalue weighted by molar-refractivity contribution is 6.35. The number of carbonyl (C=O) groups excluding carboxylic acids is 1. The number of halogens is 2. The lowest BCUT2D eigenvalue weighted by Gasteiger charge is -2.08. The van der Waals surface area contributed by atoms with E-state index in [0.29, 0.717) is 26.8 Å². The number of imidazole rings is 1. The van der Waals surface area contributed by atoms with Crippen molar-refractivity contribution in [3.8, 4) is 0 Å². The number of benzene rings is 2. The predicted molar refractivity (Wildman–Crippen MR) is 87.7 cm³/mol. The summed E-state index contributed by atoms with van der Waals surface area (Å²) >= 11 is 11.9. The van der Waals surface area contributed by atoms with Gasteiger partial charge in [-0.3, -0.25) is 9.36 Å². The Morgan fingerprint density at radius 3 is 2.77 bits per heavy atom. The third-order valence-electron chi connectivity index (χ3n) is 3.19. The minimum Gasteiger partial charge on any atom is -0.323 e. The summed E-state index contributed by atoms with van der Waals surface area (Å²) in [6.45, 7) is -0.119. The van der Waals surface area contributed by atoms with Gasteiger partial charge >= 0.3 is 5.69 Å². The third-order valence-corrected chi connectivity index (χ3v) is 3.75. The van der Waals surface area contributed by atoms with E-state index in [2.05, 4.69) is 10.3 Å². The van der Waals surface area contributed by atoms with E-state index in [0.717, 1.165) is 0 Å². The molecule has 5 nitrogen and oxygen atoms in total. The maximum absolute atomic E-state index is 12.2. The number of nitrogens with one attached hydrogen (secondary N) is 2. The highest BCUT2D eigenvalue weighted by Gasteiger charge is 2.12. The number of hydrogen-bond donors (Lipinski definition) is 2. The fourth-order valence-electron chi connectivity index (χ4n) is 2.19. The largest absolute Gasteiger partial charge is 0.326 e. The van der Waals surface area contributed by atoms with Crippen LogP contribution < -0.4 is 11.0 Å². The summed E-state index contributed by atoms with van der Waals surface area (Å²) in [5.41, 5.74) is 1.42. The molecule has 0 saturated heterocycles. The van der Waals surface area contributed by atoms with E-state index in [-0.39, 0.29) is 18.1 Å². The Balaban J connectivity index is 1.86. The fourth-order valence-corrected chi connectivity index (χ4v) is 2.53. The first kappa shape index (κ1) is 14.7. The van der Waals surface area contributed by atoms with Crippen LogP contribution in [0.4, 0.5) is 5.69 Å². The maximum atomic E-state index is 12.2. The van der Waals surface area contributed by atoms with Crippen molar-refractivity contribution in [2.24, 2.45) is 0 Å². The van der Waals surface area contributed by atoms with Gasteiger partial charge in [0.05, 0.1) is 21.7 Å². The molecule has 0 fully saturated rings. The monoisotopic (exact) mass is 335 g/mol. The molecule has 3 aromatic rings. The number of rotatable bonds is 3. The molecule has 1 aromatic heterocycles. The molecule has 0 radical (unpaired) electrons. The molecule has 0 aliphatic heterocycles. The van der Waals surface area contributed by atoms with E-state index in [1.165, 1.54) is 4.57 Å². The topological polar surface area (TPSA) is 66.9 Å². The molecule has 0 aliphatic carbocycles. The number of para-hydroxylation sites is 2. The van der Waals surface area contributed by atoms with E-state index in [9.17, 15) is 9.59 Å². The molecule has 0 spiro atoms. The molecule has 0 bridgehead atoms. The Kier molecular flexibility index (Phi) is 3.92. The SMILES string of the molecule is O=C(Cn1c(=O)[nH]c2ccccc21)Nc1cc(Cl)ccc1Cl. The van der Waals surface area contributed by atoms with Gasteiger partial charge in [0.25, 0.3) is 0 Å². The summed E-state index contributed by atoms with van der Waals surface area (Å²) in [7, 11) is 0. The zero-order chi connectivity index (χ0) is 15.7. The molecular weight excluding hydrogens is 325 g/mol. The second-order valence-corrected chi connectivity index (χ2v) is 5.55. The minimum absolute atomic E-state index is 0.119. The molecule has 112 valence electrons. The standard InChI is InChI=1S/C15H11Cl2N3O2/c16-9-5-6-10(17)12(7-9)18-14(21)8-20-13-4-2-1-3-11(13)19-15(20)22/h1-7H,8H2,(H,18,21)(H,19,22). The second-order valence-electron chi connectivity index (χ2n) is 4.71. The van der Waals surface area contributed by atoms with Gasteiger partial charge in [0.2, 0.25) is 5.91 Å². The molecule has 2 N–H and O–H groups in total. The van der Waals surface area contributed by atoms with Crippen molar-refractivity contribution in [2.75, 3.05) is 5.32 Å². The number of hydrogen-bond acceptors (Lipinski definition) is 2. The highest BCUT2D eigenvalue weighted by atomic mass is 35.5. The van der Waals surface area contributed by atoms with E-state index < -0.39 is 0 Å². The Morgan fingerprint density at radius 2 is 1.95 bits per heavy atom. The van der Waals surface area contributed by atoms with Crippen LogP contribution in [0, 0.1) is 0 Å². The first-order valence-corrected chi connectivity index (χ1v) is 7.22. The number of H-pyrrole nitrogens is 1. The quantitative estimate of drug-likeness (QED) is 0.771. The fraction of sp³-hybridized carbons (Fsp3) is 0.0667. The van der Waals surface area contributed by atoms with E-state index in [1.54, 1.807) is 36.4 Å². The third kappa shape index (κ3) is 2.86. The average molecular weight is 336 g/mol. The van der Waals surface area contributed by atoms with Gasteiger partial charge in [-0.05, 0) is 30.3 Å². The van der Waals surface area contributed by atoms with Crippen LogP contribution in [0.3, 0.4) is 0 Å². The van der Waals surface area contributed by atoms with Crippen LogP contribution in [-0.2, 0) is 11.3 Å². The number of carbonyl (C=O) groups is 1. The summed E-state index contributed by atoms with van der Waals surface area (Å²) in [6.07, 6.45) is 0. The molecule has 0 atom stereocenters. The van der Waals surface area contributed by atoms with Crippen molar-refractivity contribution in [1.29, 1.82) is 0 Å². The first-order chi connectivity index (χ1) is 10.5. The number of aromatic amines is 1. The predicted octanol–water partition coefficient (Wildman–Crippen LogP) is 3.28. The minimum atomic E-state index is -0.365. The average Bonchev–Trinajstić information content (AvgIpc) is 2.79. The van der Waals surface area contributed by atoms with Crippen LogP contribution in [0.15, 0.2) is 47.3 Å². The maximum Gasteiger partial charge on any atom is 0.326 e. The summed E-state index contributed by atoms with van der Waals surface area (Å²) in [6, 6.07) is 11.9. The van der Waals surface area contributed by atoms with Crippen molar-refractivity contribution in [1.82, 2.24) is 9.55 Å². The Labute approximate surface area is 135 Å². The molecule has 0 unspecified atom stereocenters. The smallest absolute Gasteiger partial charge is 0.323 e. The molecule has 1 heterocycles. The van der Waals surface area contributed by atoms with Crippen LogP contribution in [-0.4, -0.2) is 15.5 Å². The number of aromatic nitrogens is 2. The molecular formula is C15H11Cl2N3O2. The lowest BCUT2D eigenvalue weighted by atomic mass is 10.3. The van der Waals surface area contributed by atoms with Gasteiger partial charge in [0.15, 0.2) is 0 Å². The van der Waals surface area contributed by atoms with Crippen LogP contribution in [0.1, 0.15) is 0 Å². The van der Waals surface area contributed by atoms with Crippen molar-refractivity contribution < 1.29 is 4.79 Å². The van der Waals surface area contributed by atoms with E-state index in [4.69, 9.17) is 23.2 Å². The summed E-state index contributed by atoms with van der Waals surface area (Å²) < 4.78 is 1.36. The molecule has 3 rings (SSSR count). The van der Waals surface area contributed by atoms with Gasteiger partial charge in [-0.15, -0.1) is 0 Å². The molecule has 22 heavy (non-hydrogen) atoms. The Bertz CT molecular complexity index is 915. The normalized spacial score (nSPS) is 10.8. The zero-order valence-electron chi connectivity index (χ0n) is 11.3. The lowest BCUT2D eigenvalue weighted by Crippen LogP contribution is -2.25. The number of anilines is 1. The first-order valence-electron chi connectivity index (χ1n) is 6.47. The van der Waals surface area contributed by atoms with E-state index >= 15 is 0 Å². The summed E-state index contributed by atoms with van der Waals surface area (Å²) in [4.78, 5) is 26.8. The van der Waals surface area contributed by atoms with Gasteiger partial charge < -0.3 is 10.3 Å². The van der Waals surface area contributed by atoms with Crippen molar-refractivity contribution in [2.45, 2.75) is 6.54 Å². The second kappa shape index (κ2) is 5.87. The molecule has 0 aliphatic rings. The van der Waals surface area contributed by atoms with Gasteiger partial charge in [-0.25, -0.2) is 4.79 Å². The van der Waals surface area contributed by atoms with Crippen LogP contribution in [0.5, 0.6) is 0 Å². The van der Waals surface area contributed by atoms with Crippen LogP contribution >= 0.6 is 23.2 Å². The Morgan fingerprint density at radius 1 is 1.18 bits per heavy atom. The van der Waals surface area contributed by atoms with Crippen molar-refractivity contribution in [3.63, 3.8) is 0 Å². The number of fused-ring (bicyclic) bond motifs is 1. The van der Waals surface area contributed by atoms with Crippen molar-refractivity contribution >= 4 is 45.8 Å².